The van der Waals surface area contributed by atoms with Gasteiger partial charge in [0, 0.05) is 0 Å². The monoisotopic (exact) mass is 292 g/mol. The third kappa shape index (κ3) is 2.39. The molecule has 0 amide bonds. The zero-order valence-corrected chi connectivity index (χ0v) is 14.8. The second-order valence-corrected chi connectivity index (χ2v) is 8.00. The molecule has 0 bridgehead atoms. The van der Waals surface area contributed by atoms with Crippen LogP contribution in [0.1, 0.15) is 69.7 Å². The van der Waals surface area contributed by atoms with Gasteiger partial charge in [0.1, 0.15) is 0 Å². The molecular weight excluding hydrogens is 264 g/mol. The highest BCUT2D eigenvalue weighted by atomic mass is 14.3. The Bertz CT molecular complexity index is 702. The minimum Gasteiger partial charge on any atom is -0.0619 e. The molecule has 0 atom stereocenters. The van der Waals surface area contributed by atoms with Crippen molar-refractivity contribution in [2.45, 2.75) is 59.3 Å². The lowest BCUT2D eigenvalue weighted by atomic mass is 9.74. The third-order valence-electron chi connectivity index (χ3n) is 5.76. The summed E-state index contributed by atoms with van der Waals surface area (Å²) in [4.78, 5) is 0. The molecule has 22 heavy (non-hydrogen) atoms. The largest absolute Gasteiger partial charge is 0.0619 e. The predicted molar refractivity (Wildman–Crippen MR) is 96.6 cm³/mol. The number of rotatable bonds is 3. The van der Waals surface area contributed by atoms with Crippen LogP contribution in [-0.2, 0) is 11.8 Å². The van der Waals surface area contributed by atoms with Gasteiger partial charge in [-0.25, -0.2) is 0 Å². The SMILES string of the molecule is CC(C)c1ccc2c(c1)Cc1cc(C(C)(C)C(C)C)ccc1-2. The predicted octanol–water partition coefficient (Wildman–Crippen LogP) is 6.31. The normalized spacial score (nSPS) is 13.6. The van der Waals surface area contributed by atoms with Crippen molar-refractivity contribution in [3.63, 3.8) is 0 Å². The summed E-state index contributed by atoms with van der Waals surface area (Å²) in [6.45, 7) is 13.9. The molecule has 1 aliphatic carbocycles. The zero-order chi connectivity index (χ0) is 16.1. The lowest BCUT2D eigenvalue weighted by molar-refractivity contribution is 0.372. The van der Waals surface area contributed by atoms with Crippen molar-refractivity contribution in [3.8, 4) is 11.1 Å². The number of fused-ring (bicyclic) bond motifs is 3. The van der Waals surface area contributed by atoms with Gasteiger partial charge in [0.05, 0.1) is 0 Å². The highest BCUT2D eigenvalue weighted by Gasteiger charge is 2.27. The Morgan fingerprint density at radius 2 is 1.41 bits per heavy atom. The first-order valence-corrected chi connectivity index (χ1v) is 8.57. The van der Waals surface area contributed by atoms with Crippen molar-refractivity contribution in [2.24, 2.45) is 5.92 Å². The van der Waals surface area contributed by atoms with E-state index < -0.39 is 0 Å². The smallest absolute Gasteiger partial charge is 0.00132 e. The van der Waals surface area contributed by atoms with Crippen molar-refractivity contribution >= 4 is 0 Å². The van der Waals surface area contributed by atoms with Crippen LogP contribution in [0.2, 0.25) is 0 Å². The van der Waals surface area contributed by atoms with Crippen molar-refractivity contribution in [1.82, 2.24) is 0 Å². The molecule has 1 aliphatic rings. The van der Waals surface area contributed by atoms with E-state index in [1.807, 2.05) is 0 Å². The molecule has 0 nitrogen and oxygen atoms in total. The van der Waals surface area contributed by atoms with E-state index in [4.69, 9.17) is 0 Å². The Balaban J connectivity index is 2.02. The Hall–Kier alpha value is -1.56. The van der Waals surface area contributed by atoms with Gasteiger partial charge in [-0.1, -0.05) is 77.9 Å². The van der Waals surface area contributed by atoms with E-state index in [-0.39, 0.29) is 5.41 Å². The molecule has 0 saturated heterocycles. The number of benzene rings is 2. The molecule has 0 N–H and O–H groups in total. The molecule has 0 aromatic heterocycles. The maximum Gasteiger partial charge on any atom is -0.00132 e. The van der Waals surface area contributed by atoms with Gasteiger partial charge in [-0.3, -0.25) is 0 Å². The molecule has 2 aromatic rings. The lowest BCUT2D eigenvalue weighted by Gasteiger charge is -2.30. The molecule has 2 aromatic carbocycles. The van der Waals surface area contributed by atoms with Gasteiger partial charge in [-0.15, -0.1) is 0 Å². The van der Waals surface area contributed by atoms with E-state index in [2.05, 4.69) is 77.9 Å². The van der Waals surface area contributed by atoms with Crippen molar-refractivity contribution in [1.29, 1.82) is 0 Å². The van der Waals surface area contributed by atoms with Crippen LogP contribution in [-0.4, -0.2) is 0 Å². The molecule has 0 saturated carbocycles. The van der Waals surface area contributed by atoms with Gasteiger partial charge in [0.2, 0.25) is 0 Å². The molecular formula is C22H28. The second-order valence-electron chi connectivity index (χ2n) is 8.00. The Labute approximate surface area is 135 Å². The van der Waals surface area contributed by atoms with Gasteiger partial charge < -0.3 is 0 Å². The highest BCUT2D eigenvalue weighted by Crippen LogP contribution is 2.41. The summed E-state index contributed by atoms with van der Waals surface area (Å²) in [6.07, 6.45) is 1.09. The summed E-state index contributed by atoms with van der Waals surface area (Å²) in [6, 6.07) is 14.2. The fourth-order valence-electron chi connectivity index (χ4n) is 3.32. The van der Waals surface area contributed by atoms with Crippen LogP contribution >= 0.6 is 0 Å². The van der Waals surface area contributed by atoms with Crippen molar-refractivity contribution in [2.75, 3.05) is 0 Å². The maximum atomic E-state index is 2.45. The molecule has 0 heterocycles. The van der Waals surface area contributed by atoms with Crippen LogP contribution in [0.3, 0.4) is 0 Å². The average molecular weight is 292 g/mol. The first kappa shape index (κ1) is 15.3. The van der Waals surface area contributed by atoms with E-state index in [0.29, 0.717) is 11.8 Å². The summed E-state index contributed by atoms with van der Waals surface area (Å²) < 4.78 is 0. The molecule has 3 rings (SSSR count). The first-order valence-electron chi connectivity index (χ1n) is 8.57. The van der Waals surface area contributed by atoms with Gasteiger partial charge in [0.25, 0.3) is 0 Å². The molecule has 116 valence electrons. The van der Waals surface area contributed by atoms with Gasteiger partial charge in [0.15, 0.2) is 0 Å². The molecule has 0 unspecified atom stereocenters. The topological polar surface area (TPSA) is 0 Å². The molecule has 0 spiro atoms. The molecule has 0 fully saturated rings. The maximum absolute atomic E-state index is 2.45. The van der Waals surface area contributed by atoms with Crippen LogP contribution in [0.25, 0.3) is 11.1 Å². The third-order valence-corrected chi connectivity index (χ3v) is 5.76. The van der Waals surface area contributed by atoms with Gasteiger partial charge >= 0.3 is 0 Å². The van der Waals surface area contributed by atoms with E-state index in [1.54, 1.807) is 0 Å². The molecule has 0 aliphatic heterocycles. The summed E-state index contributed by atoms with van der Waals surface area (Å²) >= 11 is 0. The summed E-state index contributed by atoms with van der Waals surface area (Å²) in [5.74, 6) is 1.24. The minimum atomic E-state index is 0.229. The van der Waals surface area contributed by atoms with E-state index in [1.165, 1.54) is 33.4 Å². The summed E-state index contributed by atoms with van der Waals surface area (Å²) in [7, 11) is 0. The molecule has 0 radical (unpaired) electrons. The van der Waals surface area contributed by atoms with Gasteiger partial charge in [-0.05, 0) is 57.1 Å². The summed E-state index contributed by atoms with van der Waals surface area (Å²) in [5, 5.41) is 0. The Morgan fingerprint density at radius 3 is 2.00 bits per heavy atom. The first-order chi connectivity index (χ1) is 10.3. The van der Waals surface area contributed by atoms with Crippen LogP contribution in [0.4, 0.5) is 0 Å². The zero-order valence-electron chi connectivity index (χ0n) is 14.8. The number of hydrogen-bond acceptors (Lipinski definition) is 0. The summed E-state index contributed by atoms with van der Waals surface area (Å²) in [5.41, 5.74) is 9.03. The quantitative estimate of drug-likeness (QED) is 0.530. The molecule has 0 heteroatoms. The fraction of sp³-hybridized carbons (Fsp3) is 0.455. The number of hydrogen-bond donors (Lipinski definition) is 0. The van der Waals surface area contributed by atoms with E-state index >= 15 is 0 Å². The van der Waals surface area contributed by atoms with E-state index in [0.717, 1.165) is 6.42 Å². The second kappa shape index (κ2) is 5.26. The van der Waals surface area contributed by atoms with Crippen LogP contribution in [0.15, 0.2) is 36.4 Å². The fourth-order valence-corrected chi connectivity index (χ4v) is 3.32. The highest BCUT2D eigenvalue weighted by molar-refractivity contribution is 5.77. The lowest BCUT2D eigenvalue weighted by Crippen LogP contribution is -2.24. The van der Waals surface area contributed by atoms with Gasteiger partial charge in [-0.2, -0.15) is 0 Å². The van der Waals surface area contributed by atoms with Crippen molar-refractivity contribution in [3.05, 3.63) is 58.7 Å². The van der Waals surface area contributed by atoms with Crippen LogP contribution in [0.5, 0.6) is 0 Å². The Morgan fingerprint density at radius 1 is 0.818 bits per heavy atom. The van der Waals surface area contributed by atoms with E-state index in [9.17, 15) is 0 Å². The Kier molecular flexibility index (Phi) is 3.67. The van der Waals surface area contributed by atoms with Crippen LogP contribution < -0.4 is 0 Å². The minimum absolute atomic E-state index is 0.229. The van der Waals surface area contributed by atoms with Crippen molar-refractivity contribution < 1.29 is 0 Å². The average Bonchev–Trinajstić information content (AvgIpc) is 2.83. The van der Waals surface area contributed by atoms with Crippen LogP contribution in [0, 0.1) is 5.92 Å². The standard InChI is InChI=1S/C22H28/c1-14(2)16-7-9-20-17(11-16)12-18-13-19(8-10-21(18)20)22(5,6)15(3)4/h7-11,13-15H,12H2,1-6H3.